The largest absolute Gasteiger partial charge is 0.0625 e. The molecule has 0 aromatic carbocycles. The van der Waals surface area contributed by atoms with Gasteiger partial charge in [0.1, 0.15) is 0 Å². The summed E-state index contributed by atoms with van der Waals surface area (Å²) < 4.78 is 0. The predicted octanol–water partition coefficient (Wildman–Crippen LogP) is 6.30. The first-order chi connectivity index (χ1) is 10.2. The lowest BCUT2D eigenvalue weighted by Crippen LogP contribution is -2.50. The van der Waals surface area contributed by atoms with Crippen LogP contribution in [0.15, 0.2) is 0 Å². The van der Waals surface area contributed by atoms with E-state index in [2.05, 4.69) is 13.8 Å². The minimum absolute atomic E-state index is 0.929. The first-order valence-corrected chi connectivity index (χ1v) is 10.2. The zero-order valence-corrected chi connectivity index (χ0v) is 14.4. The maximum absolute atomic E-state index is 2.56. The summed E-state index contributed by atoms with van der Waals surface area (Å²) >= 11 is 0. The Bertz CT molecular complexity index is 347. The van der Waals surface area contributed by atoms with Crippen LogP contribution in [-0.4, -0.2) is 0 Å². The molecule has 0 heterocycles. The van der Waals surface area contributed by atoms with Crippen molar-refractivity contribution in [3.63, 3.8) is 0 Å². The summed E-state index contributed by atoms with van der Waals surface area (Å²) in [5.41, 5.74) is 0. The monoisotopic (exact) mass is 288 g/mol. The Balaban J connectivity index is 1.59. The minimum Gasteiger partial charge on any atom is -0.0625 e. The molecule has 0 amide bonds. The summed E-state index contributed by atoms with van der Waals surface area (Å²) in [7, 11) is 0. The molecule has 0 spiro atoms. The van der Waals surface area contributed by atoms with Gasteiger partial charge in [-0.3, -0.25) is 0 Å². The molecule has 0 radical (unpaired) electrons. The molecule has 0 heteroatoms. The molecule has 6 atom stereocenters. The molecular formula is C21H36. The Hall–Kier alpha value is 0. The maximum atomic E-state index is 2.56. The van der Waals surface area contributed by atoms with Crippen molar-refractivity contribution >= 4 is 0 Å². The van der Waals surface area contributed by atoms with E-state index in [4.69, 9.17) is 0 Å². The molecule has 4 rings (SSSR count). The van der Waals surface area contributed by atoms with Gasteiger partial charge in [0.05, 0.1) is 0 Å². The molecular weight excluding hydrogens is 252 g/mol. The Morgan fingerprint density at radius 3 is 2.19 bits per heavy atom. The minimum atomic E-state index is 0.929. The summed E-state index contributed by atoms with van der Waals surface area (Å²) in [5, 5.41) is 0. The molecule has 0 aliphatic heterocycles. The highest BCUT2D eigenvalue weighted by atomic mass is 14.6. The van der Waals surface area contributed by atoms with E-state index >= 15 is 0 Å². The smallest absolute Gasteiger partial charge is 0.0321 e. The third-order valence-electron chi connectivity index (χ3n) is 8.15. The summed E-state index contributed by atoms with van der Waals surface area (Å²) in [6.07, 6.45) is 17.3. The molecule has 21 heavy (non-hydrogen) atoms. The van der Waals surface area contributed by atoms with Crippen LogP contribution in [0.5, 0.6) is 0 Å². The Morgan fingerprint density at radius 1 is 0.714 bits per heavy atom. The van der Waals surface area contributed by atoms with Crippen molar-refractivity contribution in [2.75, 3.05) is 0 Å². The van der Waals surface area contributed by atoms with E-state index in [1.807, 2.05) is 0 Å². The van der Waals surface area contributed by atoms with Gasteiger partial charge >= 0.3 is 0 Å². The highest BCUT2D eigenvalue weighted by molar-refractivity contribution is 5.00. The lowest BCUT2D eigenvalue weighted by Gasteiger charge is -2.58. The van der Waals surface area contributed by atoms with Crippen LogP contribution in [0.25, 0.3) is 0 Å². The van der Waals surface area contributed by atoms with Gasteiger partial charge in [-0.05, 0) is 79.4 Å². The van der Waals surface area contributed by atoms with Gasteiger partial charge in [0.15, 0.2) is 0 Å². The van der Waals surface area contributed by atoms with Crippen LogP contribution in [0.1, 0.15) is 84.5 Å². The molecule has 4 aliphatic carbocycles. The van der Waals surface area contributed by atoms with Crippen molar-refractivity contribution < 1.29 is 0 Å². The Morgan fingerprint density at radius 2 is 1.43 bits per heavy atom. The van der Waals surface area contributed by atoms with Gasteiger partial charge in [-0.1, -0.05) is 52.4 Å². The number of rotatable bonds is 3. The van der Waals surface area contributed by atoms with Gasteiger partial charge in [-0.15, -0.1) is 0 Å². The second kappa shape index (κ2) is 5.89. The molecule has 4 fully saturated rings. The van der Waals surface area contributed by atoms with Crippen molar-refractivity contribution in [2.45, 2.75) is 84.5 Å². The van der Waals surface area contributed by atoms with E-state index in [0.29, 0.717) is 0 Å². The molecule has 0 N–H and O–H groups in total. The maximum Gasteiger partial charge on any atom is -0.0321 e. The van der Waals surface area contributed by atoms with Crippen molar-refractivity contribution in [1.29, 1.82) is 0 Å². The zero-order chi connectivity index (χ0) is 14.4. The molecule has 0 nitrogen and oxygen atoms in total. The summed E-state index contributed by atoms with van der Waals surface area (Å²) in [4.78, 5) is 0. The van der Waals surface area contributed by atoms with Crippen LogP contribution < -0.4 is 0 Å². The van der Waals surface area contributed by atoms with Crippen LogP contribution in [0.4, 0.5) is 0 Å². The topological polar surface area (TPSA) is 0 Å². The molecule has 0 aromatic heterocycles. The van der Waals surface area contributed by atoms with Gasteiger partial charge in [0.25, 0.3) is 0 Å². The van der Waals surface area contributed by atoms with E-state index in [1.54, 1.807) is 51.4 Å². The van der Waals surface area contributed by atoms with Crippen LogP contribution in [-0.2, 0) is 0 Å². The fraction of sp³-hybridized carbons (Fsp3) is 1.00. The molecule has 6 unspecified atom stereocenters. The van der Waals surface area contributed by atoms with E-state index in [0.717, 1.165) is 47.3 Å². The summed E-state index contributed by atoms with van der Waals surface area (Å²) in [6, 6.07) is 0. The van der Waals surface area contributed by atoms with E-state index in [-0.39, 0.29) is 0 Å². The van der Waals surface area contributed by atoms with E-state index < -0.39 is 0 Å². The van der Waals surface area contributed by atoms with Crippen LogP contribution in [0.2, 0.25) is 0 Å². The third kappa shape index (κ3) is 2.59. The lowest BCUT2D eigenvalue weighted by molar-refractivity contribution is -0.0826. The number of hydrogen-bond acceptors (Lipinski definition) is 0. The van der Waals surface area contributed by atoms with Crippen molar-refractivity contribution in [2.24, 2.45) is 47.3 Å². The number of hydrogen-bond donors (Lipinski definition) is 0. The standard InChI is InChI=1S/C21H36/c1-14(2)20(17-6-4-3-5-7-17)21-18-11-10-16-9-8-15(12-18)13-19(16)21/h14-21H,3-13H2,1-2H3. The van der Waals surface area contributed by atoms with Crippen molar-refractivity contribution in [3.05, 3.63) is 0 Å². The van der Waals surface area contributed by atoms with Gasteiger partial charge in [-0.25, -0.2) is 0 Å². The molecule has 0 saturated heterocycles. The molecule has 120 valence electrons. The highest BCUT2D eigenvalue weighted by Crippen LogP contribution is 2.60. The Labute approximate surface area is 132 Å². The average molecular weight is 289 g/mol. The van der Waals surface area contributed by atoms with Crippen molar-refractivity contribution in [1.82, 2.24) is 0 Å². The summed E-state index contributed by atoms with van der Waals surface area (Å²) in [5.74, 6) is 8.75. The van der Waals surface area contributed by atoms with Crippen LogP contribution in [0.3, 0.4) is 0 Å². The van der Waals surface area contributed by atoms with Gasteiger partial charge in [0.2, 0.25) is 0 Å². The lowest BCUT2D eigenvalue weighted by atomic mass is 9.48. The van der Waals surface area contributed by atoms with Crippen molar-refractivity contribution in [3.8, 4) is 0 Å². The molecule has 0 aromatic rings. The molecule has 3 bridgehead atoms. The fourth-order valence-electron chi connectivity index (χ4n) is 7.50. The summed E-state index contributed by atoms with van der Waals surface area (Å²) in [6.45, 7) is 5.11. The zero-order valence-electron chi connectivity index (χ0n) is 14.4. The first kappa shape index (κ1) is 14.6. The quantitative estimate of drug-likeness (QED) is 0.571. The van der Waals surface area contributed by atoms with E-state index in [1.165, 1.54) is 19.3 Å². The van der Waals surface area contributed by atoms with Gasteiger partial charge in [-0.2, -0.15) is 0 Å². The van der Waals surface area contributed by atoms with Crippen LogP contribution >= 0.6 is 0 Å². The number of fused-ring (bicyclic) bond motifs is 2. The fourth-order valence-corrected chi connectivity index (χ4v) is 7.50. The Kier molecular flexibility index (Phi) is 4.09. The normalized spacial score (nSPS) is 45.0. The predicted molar refractivity (Wildman–Crippen MR) is 90.1 cm³/mol. The average Bonchev–Trinajstić information content (AvgIpc) is 2.47. The van der Waals surface area contributed by atoms with Gasteiger partial charge < -0.3 is 0 Å². The first-order valence-electron chi connectivity index (χ1n) is 10.2. The van der Waals surface area contributed by atoms with Gasteiger partial charge in [0, 0.05) is 0 Å². The molecule has 4 saturated carbocycles. The third-order valence-corrected chi connectivity index (χ3v) is 8.15. The highest BCUT2D eigenvalue weighted by Gasteiger charge is 2.51. The second-order valence-electron chi connectivity index (χ2n) is 9.47. The van der Waals surface area contributed by atoms with E-state index in [9.17, 15) is 0 Å². The second-order valence-corrected chi connectivity index (χ2v) is 9.47. The molecule has 4 aliphatic rings. The van der Waals surface area contributed by atoms with Crippen LogP contribution in [0, 0.1) is 47.3 Å². The SMILES string of the molecule is CC(C)C(C1CCCCC1)C1C2CCC3CCC(C2)CC31.